The molecule has 86 valence electrons. The van der Waals surface area contributed by atoms with Gasteiger partial charge >= 0.3 is 0 Å². The minimum Gasteiger partial charge on any atom is -0.490 e. The zero-order chi connectivity index (χ0) is 12.7. The Labute approximate surface area is 98.8 Å². The molecule has 0 aliphatic heterocycles. The molecule has 0 spiro atoms. The summed E-state index contributed by atoms with van der Waals surface area (Å²) < 4.78 is 15.7. The molecule has 0 aliphatic carbocycles. The van der Waals surface area contributed by atoms with E-state index in [9.17, 15) is 0 Å². The summed E-state index contributed by atoms with van der Waals surface area (Å²) in [5, 5.41) is 16.9. The average molecular weight is 230 g/mol. The van der Waals surface area contributed by atoms with Crippen molar-refractivity contribution in [2.75, 3.05) is 14.2 Å². The molecule has 5 heteroatoms. The van der Waals surface area contributed by atoms with Crippen molar-refractivity contribution in [2.24, 2.45) is 0 Å². The van der Waals surface area contributed by atoms with Gasteiger partial charge in [0.15, 0.2) is 11.5 Å². The number of nitriles is 2. The number of rotatable bonds is 4. The minimum atomic E-state index is 0.364. The van der Waals surface area contributed by atoms with Crippen molar-refractivity contribution in [3.05, 3.63) is 23.7 Å². The van der Waals surface area contributed by atoms with Gasteiger partial charge < -0.3 is 13.9 Å². The molecule has 0 bridgehead atoms. The molecule has 0 amide bonds. The lowest BCUT2D eigenvalue weighted by molar-refractivity contribution is 0.357. The highest BCUT2D eigenvalue weighted by atomic mass is 16.5. The summed E-state index contributed by atoms with van der Waals surface area (Å²) in [7, 11) is 2.93. The summed E-state index contributed by atoms with van der Waals surface area (Å²) in [4.78, 5) is 0. The first-order valence-corrected chi connectivity index (χ1v) is 4.65. The average Bonchev–Trinajstić information content (AvgIpc) is 2.70. The van der Waals surface area contributed by atoms with Crippen LogP contribution in [0.25, 0.3) is 12.2 Å². The summed E-state index contributed by atoms with van der Waals surface area (Å²) in [6.07, 6.45) is 5.45. The van der Waals surface area contributed by atoms with Gasteiger partial charge in [-0.05, 0) is 12.2 Å². The number of furan rings is 1. The van der Waals surface area contributed by atoms with E-state index in [-0.39, 0.29) is 0 Å². The Kier molecular flexibility index (Phi) is 4.41. The minimum absolute atomic E-state index is 0.364. The monoisotopic (exact) mass is 230 g/mol. The molecule has 0 N–H and O–H groups in total. The molecule has 0 saturated carbocycles. The zero-order valence-corrected chi connectivity index (χ0v) is 9.43. The third-order valence-corrected chi connectivity index (χ3v) is 1.90. The number of nitrogens with zero attached hydrogens (tertiary/aromatic N) is 2. The molecule has 0 atom stereocenters. The van der Waals surface area contributed by atoms with E-state index in [4.69, 9.17) is 24.4 Å². The van der Waals surface area contributed by atoms with Crippen LogP contribution in [0, 0.1) is 22.7 Å². The molecular weight excluding hydrogens is 220 g/mol. The van der Waals surface area contributed by atoms with E-state index in [0.29, 0.717) is 23.0 Å². The van der Waals surface area contributed by atoms with Gasteiger partial charge in [-0.1, -0.05) is 0 Å². The molecule has 1 rings (SSSR count). The molecule has 0 aromatic carbocycles. The second-order valence-electron chi connectivity index (χ2n) is 2.82. The van der Waals surface area contributed by atoms with Gasteiger partial charge in [0.1, 0.15) is 0 Å². The lowest BCUT2D eigenvalue weighted by Crippen LogP contribution is -1.88. The zero-order valence-electron chi connectivity index (χ0n) is 9.43. The summed E-state index contributed by atoms with van der Waals surface area (Å²) in [6, 6.07) is 3.70. The van der Waals surface area contributed by atoms with Crippen molar-refractivity contribution in [1.29, 1.82) is 10.5 Å². The molecule has 5 nitrogen and oxygen atoms in total. The molecule has 1 aromatic heterocycles. The van der Waals surface area contributed by atoms with Crippen molar-refractivity contribution in [3.8, 4) is 23.6 Å². The lowest BCUT2D eigenvalue weighted by Gasteiger charge is -2.00. The largest absolute Gasteiger partial charge is 0.490 e. The fourth-order valence-corrected chi connectivity index (χ4v) is 1.27. The topological polar surface area (TPSA) is 79.2 Å². The van der Waals surface area contributed by atoms with Crippen LogP contribution in [-0.2, 0) is 0 Å². The molecule has 0 fully saturated rings. The Bertz CT molecular complexity index is 481. The Morgan fingerprint density at radius 1 is 0.941 bits per heavy atom. The fourth-order valence-electron chi connectivity index (χ4n) is 1.27. The number of methoxy groups -OCH3 is 2. The summed E-state index contributed by atoms with van der Waals surface area (Å²) in [5.74, 6) is 1.50. The van der Waals surface area contributed by atoms with Gasteiger partial charge in [-0.25, -0.2) is 0 Å². The first-order valence-electron chi connectivity index (χ1n) is 4.65. The van der Waals surface area contributed by atoms with Gasteiger partial charge in [0, 0.05) is 12.2 Å². The van der Waals surface area contributed by atoms with E-state index in [1.807, 2.05) is 12.1 Å². The van der Waals surface area contributed by atoms with Gasteiger partial charge in [-0.15, -0.1) is 0 Å². The van der Waals surface area contributed by atoms with E-state index >= 15 is 0 Å². The lowest BCUT2D eigenvalue weighted by atomic mass is 10.3. The van der Waals surface area contributed by atoms with Crippen molar-refractivity contribution in [3.63, 3.8) is 0 Å². The van der Waals surface area contributed by atoms with Crippen molar-refractivity contribution < 1.29 is 13.9 Å². The van der Waals surface area contributed by atoms with Gasteiger partial charge in [0.05, 0.1) is 26.4 Å². The van der Waals surface area contributed by atoms with E-state index in [1.54, 1.807) is 0 Å². The molecule has 0 saturated heterocycles. The highest BCUT2D eigenvalue weighted by molar-refractivity contribution is 5.67. The molecule has 0 aliphatic rings. The highest BCUT2D eigenvalue weighted by Crippen LogP contribution is 2.39. The molecule has 0 unspecified atom stereocenters. The maximum Gasteiger partial charge on any atom is 0.207 e. The van der Waals surface area contributed by atoms with Gasteiger partial charge in [0.25, 0.3) is 0 Å². The highest BCUT2D eigenvalue weighted by Gasteiger charge is 2.18. The third-order valence-electron chi connectivity index (χ3n) is 1.90. The fraction of sp³-hybridized carbons (Fsp3) is 0.167. The SMILES string of the molecule is COc1c(/C=C/C#N)oc(/C=C/C#N)c1OC. The van der Waals surface area contributed by atoms with E-state index in [0.717, 1.165) is 0 Å². The number of ether oxygens (including phenoxy) is 2. The van der Waals surface area contributed by atoms with Crippen LogP contribution in [0.5, 0.6) is 11.5 Å². The van der Waals surface area contributed by atoms with Crippen LogP contribution in [0.4, 0.5) is 0 Å². The quantitative estimate of drug-likeness (QED) is 0.742. The van der Waals surface area contributed by atoms with Gasteiger partial charge in [-0.2, -0.15) is 10.5 Å². The maximum absolute atomic E-state index is 8.46. The maximum atomic E-state index is 8.46. The smallest absolute Gasteiger partial charge is 0.207 e. The Morgan fingerprint density at radius 2 is 1.35 bits per heavy atom. The number of allylic oxidation sites excluding steroid dienone is 2. The third kappa shape index (κ3) is 2.67. The Morgan fingerprint density at radius 3 is 1.65 bits per heavy atom. The Hall–Kier alpha value is -2.66. The predicted molar refractivity (Wildman–Crippen MR) is 61.1 cm³/mol. The van der Waals surface area contributed by atoms with E-state index < -0.39 is 0 Å². The van der Waals surface area contributed by atoms with Crippen LogP contribution in [-0.4, -0.2) is 14.2 Å². The van der Waals surface area contributed by atoms with Crippen LogP contribution in [0.15, 0.2) is 16.6 Å². The summed E-state index contributed by atoms with van der Waals surface area (Å²) in [5.41, 5.74) is 0. The molecule has 0 radical (unpaired) electrons. The standard InChI is InChI=1S/C12H10N2O3/c1-15-11-9(5-3-7-13)17-10(6-4-8-14)12(11)16-2/h3-6H,1-2H3/b5-3+,6-4+. The van der Waals surface area contributed by atoms with E-state index in [2.05, 4.69) is 0 Å². The molecule has 1 aromatic rings. The van der Waals surface area contributed by atoms with Crippen molar-refractivity contribution in [2.45, 2.75) is 0 Å². The first kappa shape index (κ1) is 12.4. The Balaban J connectivity index is 3.29. The van der Waals surface area contributed by atoms with Crippen molar-refractivity contribution >= 4 is 12.2 Å². The van der Waals surface area contributed by atoms with Gasteiger partial charge in [0.2, 0.25) is 11.5 Å². The normalized spacial score (nSPS) is 10.4. The number of hydrogen-bond donors (Lipinski definition) is 0. The van der Waals surface area contributed by atoms with Crippen LogP contribution >= 0.6 is 0 Å². The second-order valence-corrected chi connectivity index (χ2v) is 2.82. The molecule has 1 heterocycles. The molecule has 17 heavy (non-hydrogen) atoms. The predicted octanol–water partition coefficient (Wildman–Crippen LogP) is 2.37. The molecular formula is C12H10N2O3. The van der Waals surface area contributed by atoms with Crippen LogP contribution in [0.3, 0.4) is 0 Å². The summed E-state index contributed by atoms with van der Waals surface area (Å²) >= 11 is 0. The first-order chi connectivity index (χ1) is 8.28. The van der Waals surface area contributed by atoms with Crippen LogP contribution in [0.1, 0.15) is 11.5 Å². The summed E-state index contributed by atoms with van der Waals surface area (Å²) in [6.45, 7) is 0. The number of hydrogen-bond acceptors (Lipinski definition) is 5. The van der Waals surface area contributed by atoms with Crippen molar-refractivity contribution in [1.82, 2.24) is 0 Å². The van der Waals surface area contributed by atoms with Crippen LogP contribution in [0.2, 0.25) is 0 Å². The van der Waals surface area contributed by atoms with E-state index in [1.165, 1.54) is 38.5 Å². The van der Waals surface area contributed by atoms with Crippen LogP contribution < -0.4 is 9.47 Å². The van der Waals surface area contributed by atoms with Gasteiger partial charge in [-0.3, -0.25) is 0 Å². The second kappa shape index (κ2) is 6.04.